The Bertz CT molecular complexity index is 996. The molecule has 0 atom stereocenters. The van der Waals surface area contributed by atoms with E-state index in [0.717, 1.165) is 28.1 Å². The zero-order valence-corrected chi connectivity index (χ0v) is 14.7. The molecule has 3 aromatic rings. The first-order chi connectivity index (χ1) is 12.7. The molecule has 1 aliphatic heterocycles. The first-order valence-corrected chi connectivity index (χ1v) is 8.66. The van der Waals surface area contributed by atoms with Crippen molar-refractivity contribution < 1.29 is 9.53 Å². The maximum atomic E-state index is 12.3. The van der Waals surface area contributed by atoms with Crippen LogP contribution in [0, 0.1) is 0 Å². The van der Waals surface area contributed by atoms with Crippen LogP contribution in [0.25, 0.3) is 11.6 Å². The molecule has 0 spiro atoms. The molecule has 0 aliphatic carbocycles. The number of hydrogen-bond acceptors (Lipinski definition) is 2. The number of benzene rings is 3. The maximum absolute atomic E-state index is 12.3. The monoisotopic (exact) mass is 361 g/mol. The predicted octanol–water partition coefficient (Wildman–Crippen LogP) is 5.41. The fourth-order valence-corrected chi connectivity index (χ4v) is 3.08. The lowest BCUT2D eigenvalue weighted by Crippen LogP contribution is -2.03. The van der Waals surface area contributed by atoms with Crippen LogP contribution in [0.1, 0.15) is 16.7 Å². The van der Waals surface area contributed by atoms with Crippen molar-refractivity contribution in [1.29, 1.82) is 0 Å². The van der Waals surface area contributed by atoms with Gasteiger partial charge < -0.3 is 10.1 Å². The van der Waals surface area contributed by atoms with Crippen LogP contribution in [0.3, 0.4) is 0 Å². The minimum atomic E-state index is -0.127. The number of amides is 1. The van der Waals surface area contributed by atoms with E-state index in [1.54, 1.807) is 12.1 Å². The number of nitrogens with one attached hydrogen (secondary N) is 1. The summed E-state index contributed by atoms with van der Waals surface area (Å²) in [7, 11) is 0. The average Bonchev–Trinajstić information content (AvgIpc) is 2.96. The smallest absolute Gasteiger partial charge is 0.256 e. The lowest BCUT2D eigenvalue weighted by molar-refractivity contribution is -0.110. The van der Waals surface area contributed by atoms with Gasteiger partial charge in [-0.1, -0.05) is 54.1 Å². The van der Waals surface area contributed by atoms with Crippen LogP contribution in [0.5, 0.6) is 5.75 Å². The van der Waals surface area contributed by atoms with Crippen LogP contribution in [-0.4, -0.2) is 5.91 Å². The first kappa shape index (κ1) is 16.4. The SMILES string of the molecule is O=C1Nc2ccc(Cl)cc2/C1=C\c1cccc(OCc2ccccc2)c1. The fourth-order valence-electron chi connectivity index (χ4n) is 2.91. The van der Waals surface area contributed by atoms with Crippen molar-refractivity contribution in [2.75, 3.05) is 5.32 Å². The minimum Gasteiger partial charge on any atom is -0.489 e. The molecule has 0 aromatic heterocycles. The Hall–Kier alpha value is -3.04. The van der Waals surface area contributed by atoms with E-state index in [9.17, 15) is 4.79 Å². The van der Waals surface area contributed by atoms with Gasteiger partial charge >= 0.3 is 0 Å². The number of carbonyl (C=O) groups is 1. The molecule has 0 saturated heterocycles. The van der Waals surface area contributed by atoms with Crippen LogP contribution in [0.15, 0.2) is 72.8 Å². The molecule has 26 heavy (non-hydrogen) atoms. The molecule has 4 rings (SSSR count). The highest BCUT2D eigenvalue weighted by atomic mass is 35.5. The quantitative estimate of drug-likeness (QED) is 0.631. The molecule has 1 N–H and O–H groups in total. The summed E-state index contributed by atoms with van der Waals surface area (Å²) in [4.78, 5) is 12.3. The van der Waals surface area contributed by atoms with E-state index in [2.05, 4.69) is 5.32 Å². The van der Waals surface area contributed by atoms with Crippen molar-refractivity contribution in [3.63, 3.8) is 0 Å². The topological polar surface area (TPSA) is 38.3 Å². The highest BCUT2D eigenvalue weighted by Gasteiger charge is 2.24. The third kappa shape index (κ3) is 3.48. The normalized spacial score (nSPS) is 14.2. The molecule has 0 unspecified atom stereocenters. The summed E-state index contributed by atoms with van der Waals surface area (Å²) < 4.78 is 5.86. The molecule has 0 bridgehead atoms. The van der Waals surface area contributed by atoms with Crippen molar-refractivity contribution in [3.05, 3.63) is 94.5 Å². The van der Waals surface area contributed by atoms with E-state index in [4.69, 9.17) is 16.3 Å². The van der Waals surface area contributed by atoms with E-state index in [1.165, 1.54) is 0 Å². The summed E-state index contributed by atoms with van der Waals surface area (Å²) in [5.74, 6) is 0.630. The van der Waals surface area contributed by atoms with Crippen molar-refractivity contribution >= 4 is 34.8 Å². The summed E-state index contributed by atoms with van der Waals surface area (Å²) in [5, 5.41) is 3.46. The van der Waals surface area contributed by atoms with Gasteiger partial charge in [0.1, 0.15) is 12.4 Å². The van der Waals surface area contributed by atoms with Gasteiger partial charge in [0.2, 0.25) is 0 Å². The average molecular weight is 362 g/mol. The van der Waals surface area contributed by atoms with Gasteiger partial charge in [0.05, 0.1) is 0 Å². The Morgan fingerprint density at radius 1 is 0.962 bits per heavy atom. The molecule has 3 aromatic carbocycles. The van der Waals surface area contributed by atoms with Crippen LogP contribution < -0.4 is 10.1 Å². The number of rotatable bonds is 4. The number of anilines is 1. The fraction of sp³-hybridized carbons (Fsp3) is 0.0455. The standard InChI is InChI=1S/C22H16ClNO2/c23-17-9-10-21-19(13-17)20(22(25)24-21)12-16-7-4-8-18(11-16)26-14-15-5-2-1-3-6-15/h1-13H,14H2,(H,24,25)/b20-12+. The zero-order chi connectivity index (χ0) is 17.9. The Morgan fingerprint density at radius 3 is 2.65 bits per heavy atom. The number of halogens is 1. The van der Waals surface area contributed by atoms with E-state index < -0.39 is 0 Å². The number of ether oxygens (including phenoxy) is 1. The first-order valence-electron chi connectivity index (χ1n) is 8.29. The molecule has 0 saturated carbocycles. The molecule has 3 nitrogen and oxygen atoms in total. The van der Waals surface area contributed by atoms with E-state index >= 15 is 0 Å². The molecule has 4 heteroatoms. The molecule has 1 heterocycles. The highest BCUT2D eigenvalue weighted by molar-refractivity contribution is 6.36. The molecular weight excluding hydrogens is 346 g/mol. The Morgan fingerprint density at radius 2 is 1.81 bits per heavy atom. The van der Waals surface area contributed by atoms with Crippen LogP contribution in [-0.2, 0) is 11.4 Å². The summed E-state index contributed by atoms with van der Waals surface area (Å²) in [6.07, 6.45) is 1.85. The predicted molar refractivity (Wildman–Crippen MR) is 105 cm³/mol. The summed E-state index contributed by atoms with van der Waals surface area (Å²) in [5.41, 5.74) is 4.20. The molecule has 0 fully saturated rings. The van der Waals surface area contributed by atoms with Gasteiger partial charge in [-0.3, -0.25) is 4.79 Å². The Balaban J connectivity index is 1.58. The summed E-state index contributed by atoms with van der Waals surface area (Å²) >= 11 is 6.08. The summed E-state index contributed by atoms with van der Waals surface area (Å²) in [6, 6.07) is 23.1. The molecular formula is C22H16ClNO2. The Labute approximate surface area is 156 Å². The van der Waals surface area contributed by atoms with E-state index in [1.807, 2.05) is 66.7 Å². The third-order valence-corrected chi connectivity index (χ3v) is 4.42. The zero-order valence-electron chi connectivity index (χ0n) is 13.9. The van der Waals surface area contributed by atoms with Crippen molar-refractivity contribution in [2.45, 2.75) is 6.61 Å². The second-order valence-corrected chi connectivity index (χ2v) is 6.49. The van der Waals surface area contributed by atoms with Crippen LogP contribution in [0.2, 0.25) is 5.02 Å². The van der Waals surface area contributed by atoms with Gasteiger partial charge in [-0.05, 0) is 47.5 Å². The summed E-state index contributed by atoms with van der Waals surface area (Å²) in [6.45, 7) is 0.500. The molecule has 128 valence electrons. The number of hydrogen-bond donors (Lipinski definition) is 1. The van der Waals surface area contributed by atoms with Gasteiger partial charge in [0, 0.05) is 21.8 Å². The van der Waals surface area contributed by atoms with Crippen LogP contribution >= 0.6 is 11.6 Å². The van der Waals surface area contributed by atoms with Crippen molar-refractivity contribution in [2.24, 2.45) is 0 Å². The molecule has 1 amide bonds. The van der Waals surface area contributed by atoms with Gasteiger partial charge in [-0.25, -0.2) is 0 Å². The second kappa shape index (κ2) is 7.06. The lowest BCUT2D eigenvalue weighted by Gasteiger charge is -2.07. The van der Waals surface area contributed by atoms with Gasteiger partial charge in [-0.2, -0.15) is 0 Å². The van der Waals surface area contributed by atoms with Gasteiger partial charge in [0.15, 0.2) is 0 Å². The lowest BCUT2D eigenvalue weighted by atomic mass is 10.0. The van der Waals surface area contributed by atoms with E-state index in [0.29, 0.717) is 17.2 Å². The van der Waals surface area contributed by atoms with Crippen LogP contribution in [0.4, 0.5) is 5.69 Å². The maximum Gasteiger partial charge on any atom is 0.256 e. The largest absolute Gasteiger partial charge is 0.489 e. The van der Waals surface area contributed by atoms with Crippen molar-refractivity contribution in [1.82, 2.24) is 0 Å². The molecule has 0 radical (unpaired) electrons. The second-order valence-electron chi connectivity index (χ2n) is 6.05. The van der Waals surface area contributed by atoms with Crippen molar-refractivity contribution in [3.8, 4) is 5.75 Å². The number of fused-ring (bicyclic) bond motifs is 1. The third-order valence-electron chi connectivity index (χ3n) is 4.18. The van der Waals surface area contributed by atoms with Gasteiger partial charge in [0.25, 0.3) is 5.91 Å². The Kier molecular flexibility index (Phi) is 4.46. The van der Waals surface area contributed by atoms with E-state index in [-0.39, 0.29) is 5.91 Å². The highest BCUT2D eigenvalue weighted by Crippen LogP contribution is 2.35. The molecule has 1 aliphatic rings. The minimum absolute atomic E-state index is 0.127. The number of carbonyl (C=O) groups excluding carboxylic acids is 1. The van der Waals surface area contributed by atoms with Gasteiger partial charge in [-0.15, -0.1) is 0 Å².